The Kier molecular flexibility index (Phi) is 9.49. The van der Waals surface area contributed by atoms with Gasteiger partial charge in [-0.05, 0) is 71.0 Å². The van der Waals surface area contributed by atoms with Gasteiger partial charge in [-0.15, -0.1) is 0 Å². The summed E-state index contributed by atoms with van der Waals surface area (Å²) in [5.41, 5.74) is 8.30. The maximum absolute atomic E-state index is 13.0. The fourth-order valence-electron chi connectivity index (χ4n) is 8.37. The van der Waals surface area contributed by atoms with Crippen LogP contribution >= 0.6 is 0 Å². The van der Waals surface area contributed by atoms with Crippen LogP contribution in [0.2, 0.25) is 0 Å². The van der Waals surface area contributed by atoms with Gasteiger partial charge in [0.1, 0.15) is 0 Å². The first-order chi connectivity index (χ1) is 26.9. The van der Waals surface area contributed by atoms with Gasteiger partial charge in [0.05, 0.1) is 47.5 Å². The molecule has 0 saturated carbocycles. The number of aromatic nitrogens is 2. The number of ether oxygens (including phenoxy) is 2. The third kappa shape index (κ3) is 6.94. The average molecular weight is 735 g/mol. The Morgan fingerprint density at radius 2 is 1.38 bits per heavy atom. The molecule has 0 spiro atoms. The third-order valence-corrected chi connectivity index (χ3v) is 11.3. The van der Waals surface area contributed by atoms with Crippen LogP contribution in [-0.4, -0.2) is 62.0 Å². The summed E-state index contributed by atoms with van der Waals surface area (Å²) in [6.45, 7) is 2.65. The van der Waals surface area contributed by atoms with E-state index in [4.69, 9.17) is 9.47 Å². The summed E-state index contributed by atoms with van der Waals surface area (Å²) in [7, 11) is 0. The minimum absolute atomic E-state index is 0.0151. The molecule has 0 aliphatic carbocycles. The Morgan fingerprint density at radius 1 is 0.691 bits per heavy atom. The lowest BCUT2D eigenvalue weighted by atomic mass is 9.98. The molecule has 2 amide bonds. The van der Waals surface area contributed by atoms with Crippen molar-refractivity contribution in [2.45, 2.75) is 57.0 Å². The highest BCUT2D eigenvalue weighted by atomic mass is 16.7. The molecule has 2 N–H and O–H groups in total. The fourth-order valence-corrected chi connectivity index (χ4v) is 8.37. The number of benzene rings is 5. The number of aliphatic hydroxyl groups is 1. The molecule has 1 aromatic heterocycles. The van der Waals surface area contributed by atoms with Crippen LogP contribution in [0.4, 0.5) is 0 Å². The maximum atomic E-state index is 13.0. The van der Waals surface area contributed by atoms with Gasteiger partial charge in [-0.3, -0.25) is 19.1 Å². The lowest BCUT2D eigenvalue weighted by Crippen LogP contribution is -2.43. The minimum atomic E-state index is -0.585. The van der Waals surface area contributed by atoms with Crippen LogP contribution in [0.3, 0.4) is 0 Å². The molecule has 0 radical (unpaired) electrons. The zero-order chi connectivity index (χ0) is 37.5. The molecule has 55 heavy (non-hydrogen) atoms. The molecule has 6 aromatic rings. The molecule has 3 aliphatic heterocycles. The zero-order valence-electron chi connectivity index (χ0n) is 30.3. The van der Waals surface area contributed by atoms with Gasteiger partial charge in [-0.25, -0.2) is 4.79 Å². The summed E-state index contributed by atoms with van der Waals surface area (Å²) in [5, 5.41) is 9.63. The number of carbonyl (C=O) groups is 2. The van der Waals surface area contributed by atoms with Gasteiger partial charge < -0.3 is 24.5 Å². The van der Waals surface area contributed by atoms with Gasteiger partial charge in [0, 0.05) is 37.7 Å². The van der Waals surface area contributed by atoms with E-state index in [0.29, 0.717) is 17.5 Å². The molecule has 10 nitrogen and oxygen atoms in total. The number of H-pyrrole nitrogens is 1. The van der Waals surface area contributed by atoms with E-state index in [2.05, 4.69) is 22.0 Å². The van der Waals surface area contributed by atoms with Crippen molar-refractivity contribution in [3.8, 4) is 11.1 Å². The number of nitrogens with one attached hydrogen (secondary N) is 1. The summed E-state index contributed by atoms with van der Waals surface area (Å²) in [6, 6.07) is 39.0. The summed E-state index contributed by atoms with van der Waals surface area (Å²) >= 11 is 0. The predicted molar refractivity (Wildman–Crippen MR) is 208 cm³/mol. The standard InChI is InChI=1S/C45H42N4O6/c50-28-29-12-14-32(15-13-29)41-25-36(27-47-22-20-35(21-23-47)49-40-11-4-3-10-39(40)46-45(49)53)54-44(55-41)33-18-16-31(17-19-33)34-7-5-6-30(24-34)26-48-42(51)37-8-1-2-9-38(37)43(48)52/h1-19,24,35-36,41,44,50H,20-23,25-28H2,(H,46,53). The van der Waals surface area contributed by atoms with Crippen molar-refractivity contribution in [3.63, 3.8) is 0 Å². The van der Waals surface area contributed by atoms with Crippen LogP contribution in [0.15, 0.2) is 126 Å². The quantitative estimate of drug-likeness (QED) is 0.151. The normalized spacial score (nSPS) is 20.7. The maximum Gasteiger partial charge on any atom is 0.326 e. The Balaban J connectivity index is 0.899. The molecule has 2 saturated heterocycles. The SMILES string of the molecule is O=C1c2ccccc2C(=O)N1Cc1cccc(-c2ccc(C3OC(CN4CCC(n5c(=O)[nH]c6ccccc65)CC4)CC(c4ccc(CO)cc4)O3)cc2)c1. The molecule has 3 unspecified atom stereocenters. The molecular weight excluding hydrogens is 693 g/mol. The van der Waals surface area contributed by atoms with Crippen LogP contribution in [0, 0.1) is 0 Å². The number of aliphatic hydroxyl groups excluding tert-OH is 1. The van der Waals surface area contributed by atoms with E-state index in [0.717, 1.165) is 76.9 Å². The van der Waals surface area contributed by atoms with E-state index < -0.39 is 6.29 Å². The lowest BCUT2D eigenvalue weighted by Gasteiger charge is -2.40. The number of rotatable bonds is 9. The number of hydrogen-bond donors (Lipinski definition) is 2. The topological polar surface area (TPSA) is 117 Å². The number of aromatic amines is 1. The number of fused-ring (bicyclic) bond motifs is 2. The largest absolute Gasteiger partial charge is 0.392 e. The molecule has 2 fully saturated rings. The second kappa shape index (κ2) is 14.9. The zero-order valence-corrected chi connectivity index (χ0v) is 30.3. The van der Waals surface area contributed by atoms with Crippen molar-refractivity contribution in [3.05, 3.63) is 165 Å². The first-order valence-corrected chi connectivity index (χ1v) is 19.0. The van der Waals surface area contributed by atoms with E-state index in [-0.39, 0.29) is 48.9 Å². The molecule has 278 valence electrons. The highest BCUT2D eigenvalue weighted by Gasteiger charge is 2.36. The second-order valence-corrected chi connectivity index (χ2v) is 14.8. The first kappa shape index (κ1) is 35.1. The molecule has 10 heteroatoms. The summed E-state index contributed by atoms with van der Waals surface area (Å²) in [4.78, 5) is 45.6. The third-order valence-electron chi connectivity index (χ3n) is 11.3. The van der Waals surface area contributed by atoms with E-state index in [1.54, 1.807) is 24.3 Å². The van der Waals surface area contributed by atoms with Crippen molar-refractivity contribution in [1.29, 1.82) is 0 Å². The number of piperidine rings is 1. The Morgan fingerprint density at radius 3 is 2.11 bits per heavy atom. The Hall–Kier alpha value is -5.65. The van der Waals surface area contributed by atoms with Crippen molar-refractivity contribution < 1.29 is 24.2 Å². The van der Waals surface area contributed by atoms with E-state index in [1.165, 1.54) is 4.90 Å². The Bertz CT molecular complexity index is 2380. The minimum Gasteiger partial charge on any atom is -0.392 e. The molecule has 3 atom stereocenters. The van der Waals surface area contributed by atoms with Crippen molar-refractivity contribution in [1.82, 2.24) is 19.4 Å². The summed E-state index contributed by atoms with van der Waals surface area (Å²) in [5.74, 6) is -0.536. The smallest absolute Gasteiger partial charge is 0.326 e. The van der Waals surface area contributed by atoms with Crippen LogP contribution in [0.25, 0.3) is 22.2 Å². The first-order valence-electron chi connectivity index (χ1n) is 19.0. The molecular formula is C45H42N4O6. The van der Waals surface area contributed by atoms with Crippen LogP contribution < -0.4 is 5.69 Å². The van der Waals surface area contributed by atoms with Crippen LogP contribution in [0.5, 0.6) is 0 Å². The van der Waals surface area contributed by atoms with Gasteiger partial charge in [0.15, 0.2) is 6.29 Å². The number of carbonyl (C=O) groups excluding carboxylic acids is 2. The summed E-state index contributed by atoms with van der Waals surface area (Å²) in [6.07, 6.45) is 1.57. The van der Waals surface area contributed by atoms with Gasteiger partial charge >= 0.3 is 5.69 Å². The van der Waals surface area contributed by atoms with Crippen molar-refractivity contribution >= 4 is 22.8 Å². The van der Waals surface area contributed by atoms with Gasteiger partial charge in [-0.2, -0.15) is 0 Å². The van der Waals surface area contributed by atoms with Crippen molar-refractivity contribution in [2.24, 2.45) is 0 Å². The van der Waals surface area contributed by atoms with Gasteiger partial charge in [0.25, 0.3) is 11.8 Å². The number of para-hydroxylation sites is 2. The number of imidazole rings is 1. The molecule has 5 aromatic carbocycles. The number of nitrogens with zero attached hydrogens (tertiary/aromatic N) is 3. The number of likely N-dealkylation sites (tertiary alicyclic amines) is 1. The molecule has 0 bridgehead atoms. The Labute approximate surface area is 318 Å². The van der Waals surface area contributed by atoms with Crippen molar-refractivity contribution in [2.75, 3.05) is 19.6 Å². The number of imide groups is 1. The highest BCUT2D eigenvalue weighted by molar-refractivity contribution is 6.21. The van der Waals surface area contributed by atoms with Gasteiger partial charge in [-0.1, -0.05) is 91.0 Å². The number of amides is 2. The number of hydrogen-bond acceptors (Lipinski definition) is 7. The van der Waals surface area contributed by atoms with E-state index in [9.17, 15) is 19.5 Å². The molecule has 9 rings (SSSR count). The average Bonchev–Trinajstić information content (AvgIpc) is 3.69. The highest BCUT2D eigenvalue weighted by Crippen LogP contribution is 2.39. The molecule has 4 heterocycles. The second-order valence-electron chi connectivity index (χ2n) is 14.8. The van der Waals surface area contributed by atoms with E-state index in [1.807, 2.05) is 89.5 Å². The van der Waals surface area contributed by atoms with Crippen LogP contribution in [0.1, 0.15) is 80.7 Å². The van der Waals surface area contributed by atoms with Crippen LogP contribution in [-0.2, 0) is 22.6 Å². The lowest BCUT2D eigenvalue weighted by molar-refractivity contribution is -0.253. The van der Waals surface area contributed by atoms with Gasteiger partial charge in [0.2, 0.25) is 0 Å². The molecule has 3 aliphatic rings. The summed E-state index contributed by atoms with van der Waals surface area (Å²) < 4.78 is 15.3. The van der Waals surface area contributed by atoms with E-state index >= 15 is 0 Å². The monoisotopic (exact) mass is 734 g/mol. The fraction of sp³-hybridized carbons (Fsp3) is 0.267. The predicted octanol–water partition coefficient (Wildman–Crippen LogP) is 7.17.